The maximum absolute atomic E-state index is 12.0. The number of carbonyl (C=O) groups is 1. The lowest BCUT2D eigenvalue weighted by Crippen LogP contribution is -2.36. The van der Waals surface area contributed by atoms with E-state index in [0.717, 1.165) is 31.9 Å². The second kappa shape index (κ2) is 8.18. The van der Waals surface area contributed by atoms with Gasteiger partial charge in [-0.2, -0.15) is 5.26 Å². The Kier molecular flexibility index (Phi) is 5.50. The molecule has 0 unspecified atom stereocenters. The van der Waals surface area contributed by atoms with Gasteiger partial charge in [-0.1, -0.05) is 18.2 Å². The summed E-state index contributed by atoms with van der Waals surface area (Å²) in [6.07, 6.45) is 0. The van der Waals surface area contributed by atoms with Crippen LogP contribution in [0.15, 0.2) is 48.5 Å². The number of nitrogens with one attached hydrogen (secondary N) is 2. The number of carbonyl (C=O) groups excluding carboxylic acids is 1. The normalized spacial score (nSPS) is 13.8. The average molecular weight is 336 g/mol. The van der Waals surface area contributed by atoms with Crippen molar-refractivity contribution in [1.82, 2.24) is 5.32 Å². The number of anilines is 2. The molecule has 1 saturated heterocycles. The number of ether oxygens (including phenoxy) is 1. The maximum atomic E-state index is 12.0. The third kappa shape index (κ3) is 4.72. The van der Waals surface area contributed by atoms with E-state index in [1.54, 1.807) is 24.3 Å². The number of hydrogen-bond donors (Lipinski definition) is 2. The summed E-state index contributed by atoms with van der Waals surface area (Å²) < 4.78 is 5.36. The first kappa shape index (κ1) is 16.8. The van der Waals surface area contributed by atoms with Gasteiger partial charge in [-0.05, 0) is 35.9 Å². The second-order valence-corrected chi connectivity index (χ2v) is 5.77. The molecule has 2 aromatic carbocycles. The molecule has 0 spiro atoms. The number of nitriles is 1. The summed E-state index contributed by atoms with van der Waals surface area (Å²) in [7, 11) is 0. The van der Waals surface area contributed by atoms with Crippen molar-refractivity contribution in [3.05, 3.63) is 59.7 Å². The third-order valence-corrected chi connectivity index (χ3v) is 4.02. The quantitative estimate of drug-likeness (QED) is 0.900. The van der Waals surface area contributed by atoms with Crippen molar-refractivity contribution < 1.29 is 9.53 Å². The minimum absolute atomic E-state index is 0.299. The molecule has 1 aliphatic heterocycles. The van der Waals surface area contributed by atoms with Gasteiger partial charge in [-0.25, -0.2) is 4.79 Å². The highest BCUT2D eigenvalue weighted by Crippen LogP contribution is 2.16. The fourth-order valence-corrected chi connectivity index (χ4v) is 2.67. The van der Waals surface area contributed by atoms with Crippen molar-refractivity contribution in [3.8, 4) is 6.07 Å². The molecule has 1 heterocycles. The van der Waals surface area contributed by atoms with Crippen molar-refractivity contribution in [2.75, 3.05) is 36.5 Å². The van der Waals surface area contributed by atoms with Crippen molar-refractivity contribution in [2.24, 2.45) is 0 Å². The van der Waals surface area contributed by atoms with Gasteiger partial charge in [0, 0.05) is 31.0 Å². The van der Waals surface area contributed by atoms with Crippen LogP contribution < -0.4 is 15.5 Å². The van der Waals surface area contributed by atoms with Crippen LogP contribution in [0.25, 0.3) is 0 Å². The summed E-state index contributed by atoms with van der Waals surface area (Å²) in [6, 6.07) is 16.7. The molecule has 3 rings (SSSR count). The molecule has 2 amide bonds. The fourth-order valence-electron chi connectivity index (χ4n) is 2.67. The van der Waals surface area contributed by atoms with Crippen molar-refractivity contribution >= 4 is 17.4 Å². The number of nitrogens with zero attached hydrogens (tertiary/aromatic N) is 2. The van der Waals surface area contributed by atoms with Crippen LogP contribution >= 0.6 is 0 Å². The van der Waals surface area contributed by atoms with Gasteiger partial charge < -0.3 is 20.3 Å². The molecular formula is C19H20N4O2. The molecule has 1 aliphatic rings. The maximum Gasteiger partial charge on any atom is 0.319 e. The molecule has 6 heteroatoms. The molecule has 0 radical (unpaired) electrons. The van der Waals surface area contributed by atoms with Crippen LogP contribution in [0.4, 0.5) is 16.2 Å². The zero-order chi connectivity index (χ0) is 17.5. The molecule has 6 nitrogen and oxygen atoms in total. The molecule has 25 heavy (non-hydrogen) atoms. The molecule has 0 bridgehead atoms. The van der Waals surface area contributed by atoms with E-state index in [9.17, 15) is 4.79 Å². The minimum Gasteiger partial charge on any atom is -0.378 e. The fraction of sp³-hybridized carbons (Fsp3) is 0.263. The van der Waals surface area contributed by atoms with Gasteiger partial charge in [-0.15, -0.1) is 0 Å². The van der Waals surface area contributed by atoms with Gasteiger partial charge >= 0.3 is 6.03 Å². The van der Waals surface area contributed by atoms with E-state index in [2.05, 4.69) is 27.7 Å². The topological polar surface area (TPSA) is 77.4 Å². The van der Waals surface area contributed by atoms with Crippen LogP contribution in [-0.4, -0.2) is 32.3 Å². The van der Waals surface area contributed by atoms with E-state index in [0.29, 0.717) is 17.8 Å². The summed E-state index contributed by atoms with van der Waals surface area (Å²) >= 11 is 0. The zero-order valence-corrected chi connectivity index (χ0v) is 13.9. The Morgan fingerprint density at radius 1 is 1.16 bits per heavy atom. The molecule has 0 saturated carbocycles. The van der Waals surface area contributed by atoms with Crippen LogP contribution in [0.3, 0.4) is 0 Å². The van der Waals surface area contributed by atoms with Gasteiger partial charge in [0.05, 0.1) is 24.8 Å². The molecule has 0 aromatic heterocycles. The number of urea groups is 1. The number of rotatable bonds is 4. The Hall–Kier alpha value is -3.04. The Balaban J connectivity index is 1.50. The van der Waals surface area contributed by atoms with Crippen LogP contribution in [0.2, 0.25) is 0 Å². The van der Waals surface area contributed by atoms with E-state index in [1.165, 1.54) is 5.69 Å². The van der Waals surface area contributed by atoms with Gasteiger partial charge in [0.25, 0.3) is 0 Å². The van der Waals surface area contributed by atoms with E-state index in [4.69, 9.17) is 10.00 Å². The summed E-state index contributed by atoms with van der Waals surface area (Å²) in [5, 5.41) is 14.4. The number of morpholine rings is 1. The Labute approximate surface area is 147 Å². The van der Waals surface area contributed by atoms with Crippen LogP contribution in [-0.2, 0) is 11.3 Å². The third-order valence-electron chi connectivity index (χ3n) is 4.02. The van der Waals surface area contributed by atoms with E-state index in [-0.39, 0.29) is 6.03 Å². The largest absolute Gasteiger partial charge is 0.378 e. The Morgan fingerprint density at radius 3 is 2.64 bits per heavy atom. The van der Waals surface area contributed by atoms with Gasteiger partial charge in [0.1, 0.15) is 0 Å². The Morgan fingerprint density at radius 2 is 1.92 bits per heavy atom. The summed E-state index contributed by atoms with van der Waals surface area (Å²) in [4.78, 5) is 14.3. The van der Waals surface area contributed by atoms with Crippen molar-refractivity contribution in [1.29, 1.82) is 5.26 Å². The lowest BCUT2D eigenvalue weighted by Gasteiger charge is -2.28. The second-order valence-electron chi connectivity index (χ2n) is 5.77. The van der Waals surface area contributed by atoms with E-state index < -0.39 is 0 Å². The molecule has 0 atom stereocenters. The first-order valence-corrected chi connectivity index (χ1v) is 8.21. The average Bonchev–Trinajstić information content (AvgIpc) is 2.67. The summed E-state index contributed by atoms with van der Waals surface area (Å²) in [6.45, 7) is 3.77. The first-order valence-electron chi connectivity index (χ1n) is 8.21. The lowest BCUT2D eigenvalue weighted by atomic mass is 10.2. The number of amides is 2. The van der Waals surface area contributed by atoms with Crippen LogP contribution in [0.1, 0.15) is 11.1 Å². The smallest absolute Gasteiger partial charge is 0.319 e. The highest BCUT2D eigenvalue weighted by molar-refractivity contribution is 5.89. The van der Waals surface area contributed by atoms with Gasteiger partial charge in [0.15, 0.2) is 0 Å². The summed E-state index contributed by atoms with van der Waals surface area (Å²) in [5.74, 6) is 0. The van der Waals surface area contributed by atoms with Crippen molar-refractivity contribution in [3.63, 3.8) is 0 Å². The summed E-state index contributed by atoms with van der Waals surface area (Å²) in [5.41, 5.74) is 3.30. The van der Waals surface area contributed by atoms with Gasteiger partial charge in [-0.3, -0.25) is 0 Å². The van der Waals surface area contributed by atoms with Gasteiger partial charge in [0.2, 0.25) is 0 Å². The molecule has 1 fully saturated rings. The SMILES string of the molecule is N#Cc1cccc(NC(=O)NCc2ccc(N3CCOCC3)cc2)c1. The molecule has 2 aromatic rings. The van der Waals surface area contributed by atoms with E-state index in [1.807, 2.05) is 18.2 Å². The predicted molar refractivity (Wildman–Crippen MR) is 96.5 cm³/mol. The van der Waals surface area contributed by atoms with E-state index >= 15 is 0 Å². The molecular weight excluding hydrogens is 316 g/mol. The molecule has 128 valence electrons. The highest BCUT2D eigenvalue weighted by Gasteiger charge is 2.10. The molecule has 0 aliphatic carbocycles. The molecule has 2 N–H and O–H groups in total. The van der Waals surface area contributed by atoms with Crippen LogP contribution in [0.5, 0.6) is 0 Å². The highest BCUT2D eigenvalue weighted by atomic mass is 16.5. The standard InChI is InChI=1S/C19H20N4O2/c20-13-16-2-1-3-17(12-16)22-19(24)21-14-15-4-6-18(7-5-15)23-8-10-25-11-9-23/h1-7,12H,8-11,14H2,(H2,21,22,24). The lowest BCUT2D eigenvalue weighted by molar-refractivity contribution is 0.122. The minimum atomic E-state index is -0.299. The monoisotopic (exact) mass is 336 g/mol. The number of hydrogen-bond acceptors (Lipinski definition) is 4. The Bertz CT molecular complexity index is 762. The zero-order valence-electron chi connectivity index (χ0n) is 13.9. The van der Waals surface area contributed by atoms with Crippen molar-refractivity contribution in [2.45, 2.75) is 6.54 Å². The van der Waals surface area contributed by atoms with Crippen LogP contribution in [0, 0.1) is 11.3 Å². The first-order chi connectivity index (χ1) is 12.2. The predicted octanol–water partition coefficient (Wildman–Crippen LogP) is 2.72. The number of benzene rings is 2.